The number of nitro groups is 1. The molecule has 170 valence electrons. The third-order valence-electron chi connectivity index (χ3n) is 4.04. The Morgan fingerprint density at radius 1 is 1.00 bits per heavy atom. The zero-order valence-corrected chi connectivity index (χ0v) is 17.1. The molecule has 1 aromatic heterocycles. The molecule has 0 bridgehead atoms. The predicted molar refractivity (Wildman–Crippen MR) is 96.1 cm³/mol. The Balaban J connectivity index is 2.53. The molecule has 2 heterocycles. The highest BCUT2D eigenvalue weighted by molar-refractivity contribution is 5.68. The maximum atomic E-state index is 11.7. The number of ether oxygens (including phenoxy) is 5. The van der Waals surface area contributed by atoms with Gasteiger partial charge in [0.1, 0.15) is 18.9 Å². The number of aromatic nitrogens is 2. The lowest BCUT2D eigenvalue weighted by Crippen LogP contribution is -2.60. The van der Waals surface area contributed by atoms with Crippen molar-refractivity contribution in [3.05, 3.63) is 22.6 Å². The van der Waals surface area contributed by atoms with E-state index in [1.54, 1.807) is 0 Å². The third kappa shape index (κ3) is 6.21. The molecule has 1 saturated heterocycles. The summed E-state index contributed by atoms with van der Waals surface area (Å²) in [5.74, 6) is -3.52. The highest BCUT2D eigenvalue weighted by Gasteiger charge is 2.53. The van der Waals surface area contributed by atoms with Crippen LogP contribution in [0.1, 0.15) is 33.9 Å². The van der Waals surface area contributed by atoms with Gasteiger partial charge in [0.2, 0.25) is 6.33 Å². The molecule has 0 spiro atoms. The second kappa shape index (κ2) is 9.97. The van der Waals surface area contributed by atoms with Crippen LogP contribution in [-0.4, -0.2) is 69.4 Å². The molecular formula is C17H21N3O11. The van der Waals surface area contributed by atoms with Crippen LogP contribution in [0.5, 0.6) is 0 Å². The van der Waals surface area contributed by atoms with E-state index >= 15 is 0 Å². The van der Waals surface area contributed by atoms with E-state index in [1.165, 1.54) is 0 Å². The molecule has 1 fully saturated rings. The number of imidazole rings is 1. The summed E-state index contributed by atoms with van der Waals surface area (Å²) in [5.41, 5.74) is 0. The van der Waals surface area contributed by atoms with Crippen LogP contribution in [0.15, 0.2) is 12.5 Å². The van der Waals surface area contributed by atoms with E-state index < -0.39 is 71.9 Å². The number of rotatable bonds is 7. The quantitative estimate of drug-likeness (QED) is 0.240. The predicted octanol–water partition coefficient (Wildman–Crippen LogP) is 0.0469. The summed E-state index contributed by atoms with van der Waals surface area (Å²) in [5, 5.41) is 11.0. The molecule has 0 aliphatic carbocycles. The van der Waals surface area contributed by atoms with E-state index in [0.717, 1.165) is 44.8 Å². The van der Waals surface area contributed by atoms with Crippen molar-refractivity contribution in [1.82, 2.24) is 9.55 Å². The van der Waals surface area contributed by atoms with Crippen LogP contribution in [0.3, 0.4) is 0 Å². The summed E-state index contributed by atoms with van der Waals surface area (Å²) in [6, 6.07) is 0. The smallest absolute Gasteiger partial charge is 0.381 e. The molecule has 0 radical (unpaired) electrons. The normalized spacial score (nSPS) is 25.2. The highest BCUT2D eigenvalue weighted by atomic mass is 16.7. The minimum Gasteiger partial charge on any atom is -0.463 e. The molecule has 14 nitrogen and oxygen atoms in total. The molecule has 5 atom stereocenters. The second-order valence-corrected chi connectivity index (χ2v) is 6.53. The molecule has 0 amide bonds. The second-order valence-electron chi connectivity index (χ2n) is 6.53. The van der Waals surface area contributed by atoms with Gasteiger partial charge in [0.15, 0.2) is 24.5 Å². The van der Waals surface area contributed by atoms with Crippen molar-refractivity contribution in [2.24, 2.45) is 0 Å². The largest absolute Gasteiger partial charge is 0.463 e. The van der Waals surface area contributed by atoms with E-state index in [9.17, 15) is 29.3 Å². The zero-order valence-electron chi connectivity index (χ0n) is 17.1. The van der Waals surface area contributed by atoms with Crippen LogP contribution in [0.25, 0.3) is 0 Å². The third-order valence-corrected chi connectivity index (χ3v) is 4.04. The number of carbonyl (C=O) groups is 4. The fourth-order valence-corrected chi connectivity index (χ4v) is 3.00. The van der Waals surface area contributed by atoms with Gasteiger partial charge in [0.05, 0.1) is 0 Å². The molecule has 31 heavy (non-hydrogen) atoms. The summed E-state index contributed by atoms with van der Waals surface area (Å²) >= 11 is 0. The summed E-state index contributed by atoms with van der Waals surface area (Å²) in [6.45, 7) is 4.00. The number of hydrogen-bond donors (Lipinski definition) is 0. The molecule has 1 aromatic rings. The Labute approximate surface area is 175 Å². The van der Waals surface area contributed by atoms with Crippen molar-refractivity contribution in [1.29, 1.82) is 0 Å². The van der Waals surface area contributed by atoms with Gasteiger partial charge in [-0.1, -0.05) is 0 Å². The first-order valence-electron chi connectivity index (χ1n) is 8.98. The van der Waals surface area contributed by atoms with E-state index in [0.29, 0.717) is 0 Å². The lowest BCUT2D eigenvalue weighted by molar-refractivity contribution is -0.389. The first-order valence-corrected chi connectivity index (χ1v) is 8.98. The Morgan fingerprint density at radius 3 is 2.03 bits per heavy atom. The number of hydrogen-bond acceptors (Lipinski definition) is 12. The van der Waals surface area contributed by atoms with Crippen molar-refractivity contribution >= 4 is 29.7 Å². The molecule has 2 rings (SSSR count). The average Bonchev–Trinajstić information content (AvgIpc) is 3.12. The van der Waals surface area contributed by atoms with Crippen molar-refractivity contribution in [2.75, 3.05) is 6.61 Å². The van der Waals surface area contributed by atoms with Gasteiger partial charge in [-0.05, 0) is 9.91 Å². The van der Waals surface area contributed by atoms with E-state index in [2.05, 4.69) is 4.98 Å². The topological polar surface area (TPSA) is 175 Å². The van der Waals surface area contributed by atoms with Crippen LogP contribution in [-0.2, 0) is 42.9 Å². The maximum absolute atomic E-state index is 11.7. The van der Waals surface area contributed by atoms with Gasteiger partial charge in [-0.3, -0.25) is 23.7 Å². The molecule has 1 aliphatic heterocycles. The lowest BCUT2D eigenvalue weighted by Gasteiger charge is -2.44. The SMILES string of the molecule is CC(=O)OC[C@H]1O[C@@H](n2cnc([N+](=O)[O-])c2)[C@H](OC(C)=O)[C@@H](OC(C)=O)[C@H]1OC(C)=O. The highest BCUT2D eigenvalue weighted by Crippen LogP contribution is 2.35. The first kappa shape index (κ1) is 23.7. The van der Waals surface area contributed by atoms with Gasteiger partial charge in [0.25, 0.3) is 0 Å². The first-order chi connectivity index (χ1) is 14.5. The van der Waals surface area contributed by atoms with Gasteiger partial charge >= 0.3 is 29.7 Å². The van der Waals surface area contributed by atoms with Gasteiger partial charge in [-0.15, -0.1) is 0 Å². The molecule has 0 aromatic carbocycles. The molecule has 14 heteroatoms. The Bertz CT molecular complexity index is 867. The number of esters is 4. The Morgan fingerprint density at radius 2 is 1.55 bits per heavy atom. The summed E-state index contributed by atoms with van der Waals surface area (Å²) < 4.78 is 27.7. The van der Waals surface area contributed by atoms with Crippen LogP contribution in [0, 0.1) is 10.1 Å². The molecule has 0 unspecified atom stereocenters. The molecular weight excluding hydrogens is 422 g/mol. The summed E-state index contributed by atoms with van der Waals surface area (Å²) in [7, 11) is 0. The van der Waals surface area contributed by atoms with Gasteiger partial charge in [-0.2, -0.15) is 0 Å². The average molecular weight is 443 g/mol. The van der Waals surface area contributed by atoms with Crippen molar-refractivity contribution in [3.63, 3.8) is 0 Å². The maximum Gasteiger partial charge on any atom is 0.381 e. The standard InChI is InChI=1S/C17H21N3O11/c1-8(21)27-6-12-14(28-9(2)22)15(29-10(3)23)16(30-11(4)24)17(31-12)19-5-13(18-7-19)20(25)26/h5,7,12,14-17H,6H2,1-4H3/t12-,14+,15+,16-,17-/m1/s1. The molecule has 0 N–H and O–H groups in total. The van der Waals surface area contributed by atoms with Crippen molar-refractivity contribution in [2.45, 2.75) is 58.3 Å². The summed E-state index contributed by atoms with van der Waals surface area (Å²) in [4.78, 5) is 60.3. The molecule has 1 aliphatic rings. The van der Waals surface area contributed by atoms with Crippen molar-refractivity contribution < 1.29 is 47.8 Å². The lowest BCUT2D eigenvalue weighted by atomic mass is 9.97. The summed E-state index contributed by atoms with van der Waals surface area (Å²) in [6.07, 6.45) is -4.48. The Kier molecular flexibility index (Phi) is 7.63. The van der Waals surface area contributed by atoms with Gasteiger partial charge < -0.3 is 33.8 Å². The number of carbonyl (C=O) groups excluding carboxylic acids is 4. The van der Waals surface area contributed by atoms with E-state index in [1.807, 2.05) is 0 Å². The van der Waals surface area contributed by atoms with Crippen LogP contribution in [0.4, 0.5) is 5.82 Å². The van der Waals surface area contributed by atoms with Crippen molar-refractivity contribution in [3.8, 4) is 0 Å². The monoisotopic (exact) mass is 443 g/mol. The zero-order chi connectivity index (χ0) is 23.3. The van der Waals surface area contributed by atoms with Gasteiger partial charge in [-0.25, -0.2) is 0 Å². The van der Waals surface area contributed by atoms with E-state index in [4.69, 9.17) is 23.7 Å². The number of nitrogens with zero attached hydrogens (tertiary/aromatic N) is 3. The minimum absolute atomic E-state index is 0.412. The fourth-order valence-electron chi connectivity index (χ4n) is 3.00. The molecule has 0 saturated carbocycles. The van der Waals surface area contributed by atoms with Crippen LogP contribution < -0.4 is 0 Å². The fraction of sp³-hybridized carbons (Fsp3) is 0.588. The Hall–Kier alpha value is -3.55. The van der Waals surface area contributed by atoms with Crippen LogP contribution >= 0.6 is 0 Å². The van der Waals surface area contributed by atoms with Gasteiger partial charge in [0, 0.05) is 27.7 Å². The minimum atomic E-state index is -1.38. The van der Waals surface area contributed by atoms with Crippen LogP contribution in [0.2, 0.25) is 0 Å². The van der Waals surface area contributed by atoms with E-state index in [-0.39, 0.29) is 0 Å².